The molecule has 0 radical (unpaired) electrons. The lowest BCUT2D eigenvalue weighted by molar-refractivity contribution is -0.154. The van der Waals surface area contributed by atoms with Crippen LogP contribution in [-0.4, -0.2) is 95.5 Å². The molecule has 1 aromatic heterocycles. The van der Waals surface area contributed by atoms with E-state index in [2.05, 4.69) is 35.7 Å². The zero-order chi connectivity index (χ0) is 28.8. The number of carbonyl (C=O) groups excluding carboxylic acids is 1. The zero-order valence-electron chi connectivity index (χ0n) is 21.2. The summed E-state index contributed by atoms with van der Waals surface area (Å²) in [5.41, 5.74) is 1.89. The number of ether oxygens (including phenoxy) is 2. The van der Waals surface area contributed by atoms with Gasteiger partial charge in [0.2, 0.25) is 17.8 Å². The van der Waals surface area contributed by atoms with Crippen LogP contribution in [0.5, 0.6) is 6.01 Å². The molecule has 2 saturated heterocycles. The summed E-state index contributed by atoms with van der Waals surface area (Å²) >= 11 is 0. The van der Waals surface area contributed by atoms with E-state index in [1.807, 2.05) is 9.91 Å². The number of hydrogen-bond acceptors (Lipinski definition) is 10. The van der Waals surface area contributed by atoms with Crippen LogP contribution in [0.1, 0.15) is 18.4 Å². The lowest BCUT2D eigenvalue weighted by Crippen LogP contribution is -2.52. The number of piperidine rings is 1. The number of nitrogens with one attached hydrogen (secondary N) is 3. The quantitative estimate of drug-likeness (QED) is 0.384. The predicted molar refractivity (Wildman–Crippen MR) is 130 cm³/mol. The van der Waals surface area contributed by atoms with Gasteiger partial charge in [0.15, 0.2) is 6.61 Å². The van der Waals surface area contributed by atoms with Crippen LogP contribution in [0.25, 0.3) is 0 Å². The van der Waals surface area contributed by atoms with Crippen LogP contribution >= 0.6 is 0 Å². The highest BCUT2D eigenvalue weighted by atomic mass is 19.4. The van der Waals surface area contributed by atoms with E-state index >= 15 is 0 Å². The second kappa shape index (κ2) is 12.8. The molecule has 4 rings (SSSR count). The number of hydrogen-bond donors (Lipinski definition) is 3. The van der Waals surface area contributed by atoms with Gasteiger partial charge in [-0.1, -0.05) is 6.07 Å². The summed E-state index contributed by atoms with van der Waals surface area (Å²) < 4.78 is 87.2. The van der Waals surface area contributed by atoms with E-state index < -0.39 is 30.5 Å². The first-order chi connectivity index (χ1) is 18.9. The molecule has 1 amide bonds. The molecule has 0 bridgehead atoms. The second-order valence-electron chi connectivity index (χ2n) is 9.20. The van der Waals surface area contributed by atoms with E-state index in [0.29, 0.717) is 52.2 Å². The maximum atomic E-state index is 13.1. The first-order valence-corrected chi connectivity index (χ1v) is 12.4. The fourth-order valence-electron chi connectivity index (χ4n) is 4.10. The Morgan fingerprint density at radius 1 is 1.00 bits per heavy atom. The molecule has 11 nitrogen and oxygen atoms in total. The average molecular weight is 579 g/mol. The Labute approximate surface area is 225 Å². The molecular formula is C23H28F6N8O3. The van der Waals surface area contributed by atoms with Crippen LogP contribution in [0.15, 0.2) is 24.3 Å². The summed E-state index contributed by atoms with van der Waals surface area (Å²) in [5.74, 6) is -0.543. The van der Waals surface area contributed by atoms with Gasteiger partial charge in [-0.3, -0.25) is 15.1 Å². The van der Waals surface area contributed by atoms with Crippen molar-refractivity contribution in [1.82, 2.24) is 30.3 Å². The highest BCUT2D eigenvalue weighted by molar-refractivity contribution is 5.77. The van der Waals surface area contributed by atoms with Crippen LogP contribution < -0.4 is 20.8 Å². The summed E-state index contributed by atoms with van der Waals surface area (Å²) in [6.07, 6.45) is -8.10. The molecule has 3 heterocycles. The molecule has 3 N–H and O–H groups in total. The molecular weight excluding hydrogens is 550 g/mol. The Kier molecular flexibility index (Phi) is 9.47. The SMILES string of the molecule is O=C(CN1CCC(Nc2nc(Nc3cccc(C(F)(F)F)c3)nc(OCC(F)(F)F)n2)CC1)NN1CCOCC1. The molecule has 220 valence electrons. The van der Waals surface area contributed by atoms with E-state index in [9.17, 15) is 31.1 Å². The van der Waals surface area contributed by atoms with Crippen molar-refractivity contribution in [2.45, 2.75) is 31.2 Å². The van der Waals surface area contributed by atoms with Crippen LogP contribution in [-0.2, 0) is 15.7 Å². The number of morpholine rings is 1. The van der Waals surface area contributed by atoms with Crippen molar-refractivity contribution >= 4 is 23.5 Å². The Morgan fingerprint density at radius 2 is 1.70 bits per heavy atom. The molecule has 0 unspecified atom stereocenters. The van der Waals surface area contributed by atoms with Crippen molar-refractivity contribution in [3.63, 3.8) is 0 Å². The number of alkyl halides is 6. The van der Waals surface area contributed by atoms with E-state index in [1.54, 1.807) is 0 Å². The van der Waals surface area contributed by atoms with Gasteiger partial charge >= 0.3 is 18.4 Å². The predicted octanol–water partition coefficient (Wildman–Crippen LogP) is 2.81. The maximum absolute atomic E-state index is 13.1. The minimum atomic E-state index is -4.66. The fourth-order valence-corrected chi connectivity index (χ4v) is 4.10. The number of halogens is 6. The van der Waals surface area contributed by atoms with Gasteiger partial charge in [-0.2, -0.15) is 41.3 Å². The first kappa shape index (κ1) is 29.5. The molecule has 1 aromatic carbocycles. The van der Waals surface area contributed by atoms with E-state index in [-0.39, 0.29) is 36.1 Å². The largest absolute Gasteiger partial charge is 0.454 e. The van der Waals surface area contributed by atoms with E-state index in [0.717, 1.165) is 12.1 Å². The van der Waals surface area contributed by atoms with Crippen molar-refractivity contribution in [2.24, 2.45) is 0 Å². The number of amides is 1. The molecule has 2 aliphatic rings. The minimum absolute atomic E-state index is 0.0302. The number of nitrogens with zero attached hydrogens (tertiary/aromatic N) is 5. The van der Waals surface area contributed by atoms with Gasteiger partial charge < -0.3 is 20.1 Å². The van der Waals surface area contributed by atoms with E-state index in [1.165, 1.54) is 12.1 Å². The Bertz CT molecular complexity index is 1140. The van der Waals surface area contributed by atoms with Crippen molar-refractivity contribution in [3.05, 3.63) is 29.8 Å². The zero-order valence-corrected chi connectivity index (χ0v) is 21.2. The van der Waals surface area contributed by atoms with Crippen molar-refractivity contribution in [3.8, 4) is 6.01 Å². The fraction of sp³-hybridized carbons (Fsp3) is 0.565. The van der Waals surface area contributed by atoms with Crippen LogP contribution in [0, 0.1) is 0 Å². The van der Waals surface area contributed by atoms with E-state index in [4.69, 9.17) is 4.74 Å². The molecule has 0 saturated carbocycles. The number of likely N-dealkylation sites (tertiary alicyclic amines) is 1. The van der Waals surface area contributed by atoms with Crippen LogP contribution in [0.3, 0.4) is 0 Å². The highest BCUT2D eigenvalue weighted by Crippen LogP contribution is 2.31. The third-order valence-corrected chi connectivity index (χ3v) is 6.01. The minimum Gasteiger partial charge on any atom is -0.454 e. The van der Waals surface area contributed by atoms with Crippen LogP contribution in [0.2, 0.25) is 0 Å². The summed E-state index contributed by atoms with van der Waals surface area (Å²) in [6, 6.07) is 3.36. The Morgan fingerprint density at radius 3 is 2.38 bits per heavy atom. The number of carbonyl (C=O) groups is 1. The molecule has 17 heteroatoms. The van der Waals surface area contributed by atoms with Gasteiger partial charge in [0.05, 0.1) is 25.3 Å². The molecule has 0 aliphatic carbocycles. The third kappa shape index (κ3) is 9.34. The van der Waals surface area contributed by atoms with Crippen molar-refractivity contribution < 1.29 is 40.6 Å². The number of rotatable bonds is 9. The topological polar surface area (TPSA) is 117 Å². The standard InChI is InChI=1S/C23H28F6N8O3/c24-22(25,26)14-40-21-33-19(32-20(34-21)31-17-3-1-2-15(12-17)23(27,28)29)30-16-4-6-36(7-5-16)13-18(38)35-37-8-10-39-11-9-37/h1-3,12,16H,4-11,13-14H2,(H,35,38)(H2,30,31,32,33,34). The summed E-state index contributed by atoms with van der Waals surface area (Å²) in [5, 5.41) is 7.40. The lowest BCUT2D eigenvalue weighted by Gasteiger charge is -2.33. The Balaban J connectivity index is 1.38. The summed E-state index contributed by atoms with van der Waals surface area (Å²) in [7, 11) is 0. The van der Waals surface area contributed by atoms with Crippen molar-refractivity contribution in [1.29, 1.82) is 0 Å². The molecule has 2 fully saturated rings. The molecule has 2 aliphatic heterocycles. The second-order valence-corrected chi connectivity index (χ2v) is 9.20. The van der Waals surface area contributed by atoms with Gasteiger partial charge in [0.1, 0.15) is 0 Å². The number of benzene rings is 1. The van der Waals surface area contributed by atoms with Gasteiger partial charge in [0, 0.05) is 37.9 Å². The monoisotopic (exact) mass is 578 g/mol. The Hall–Kier alpha value is -3.44. The van der Waals surface area contributed by atoms with Crippen LogP contribution in [0.4, 0.5) is 43.9 Å². The van der Waals surface area contributed by atoms with Gasteiger partial charge in [-0.05, 0) is 31.0 Å². The summed E-state index contributed by atoms with van der Waals surface area (Å²) in [6.45, 7) is 1.99. The molecule has 0 atom stereocenters. The number of anilines is 3. The highest BCUT2D eigenvalue weighted by Gasteiger charge is 2.31. The molecule has 2 aromatic rings. The number of aromatic nitrogens is 3. The normalized spacial score (nSPS) is 17.9. The van der Waals surface area contributed by atoms with Gasteiger partial charge in [0.25, 0.3) is 0 Å². The number of hydrazine groups is 1. The summed E-state index contributed by atoms with van der Waals surface area (Å²) in [4.78, 5) is 26.1. The average Bonchev–Trinajstić information content (AvgIpc) is 2.88. The maximum Gasteiger partial charge on any atom is 0.422 e. The molecule has 0 spiro atoms. The third-order valence-electron chi connectivity index (χ3n) is 6.01. The smallest absolute Gasteiger partial charge is 0.422 e. The van der Waals surface area contributed by atoms with Gasteiger partial charge in [-0.15, -0.1) is 0 Å². The lowest BCUT2D eigenvalue weighted by atomic mass is 10.1. The molecule has 40 heavy (non-hydrogen) atoms. The first-order valence-electron chi connectivity index (χ1n) is 12.4. The van der Waals surface area contributed by atoms with Gasteiger partial charge in [-0.25, -0.2) is 5.01 Å². The van der Waals surface area contributed by atoms with Crippen molar-refractivity contribution in [2.75, 3.05) is 63.2 Å².